The molecule has 1 aliphatic heterocycles. The molecule has 0 spiro atoms. The molecular weight excluding hydrogens is 404 g/mol. The Kier molecular flexibility index (Phi) is 8.04. The summed E-state index contributed by atoms with van der Waals surface area (Å²) >= 11 is 0. The standard InChI is InChI=1S/C25H36N4O3/c1-31-22-11-5-6-12-23(22)32-18-24(30)26-14-19-8-7-13-29(16-19)17-21-15-27-28-25(21)20-9-3-2-4-10-20/h5-6,11-12,15,19-20H,2-4,7-10,13-14,16-18H2,1H3,(H,26,30)(H,27,28)/t19-/m0/s1. The van der Waals surface area contributed by atoms with E-state index in [0.29, 0.717) is 29.9 Å². The lowest BCUT2D eigenvalue weighted by Crippen LogP contribution is -2.41. The number of ether oxygens (including phenoxy) is 2. The number of piperidine rings is 1. The Morgan fingerprint density at radius 3 is 2.78 bits per heavy atom. The molecule has 32 heavy (non-hydrogen) atoms. The monoisotopic (exact) mass is 440 g/mol. The molecule has 1 atom stereocenters. The Bertz CT molecular complexity index is 862. The van der Waals surface area contributed by atoms with E-state index in [0.717, 1.165) is 32.5 Å². The minimum atomic E-state index is -0.0950. The van der Waals surface area contributed by atoms with Gasteiger partial charge in [0.05, 0.1) is 13.3 Å². The van der Waals surface area contributed by atoms with Gasteiger partial charge in [0.15, 0.2) is 18.1 Å². The van der Waals surface area contributed by atoms with Crippen LogP contribution in [0.4, 0.5) is 0 Å². The van der Waals surface area contributed by atoms with Crippen LogP contribution < -0.4 is 14.8 Å². The number of methoxy groups -OCH3 is 1. The summed E-state index contributed by atoms with van der Waals surface area (Å²) in [5, 5.41) is 10.7. The molecule has 2 aromatic rings. The van der Waals surface area contributed by atoms with E-state index in [-0.39, 0.29) is 12.5 Å². The summed E-state index contributed by atoms with van der Waals surface area (Å²) in [6.07, 6.45) is 10.9. The summed E-state index contributed by atoms with van der Waals surface area (Å²) in [6.45, 7) is 3.74. The van der Waals surface area contributed by atoms with Crippen LogP contribution in [0.5, 0.6) is 11.5 Å². The first-order valence-corrected chi connectivity index (χ1v) is 12.0. The normalized spacial score (nSPS) is 20.1. The lowest BCUT2D eigenvalue weighted by atomic mass is 9.85. The molecule has 2 heterocycles. The Balaban J connectivity index is 1.22. The molecule has 0 unspecified atom stereocenters. The topological polar surface area (TPSA) is 79.5 Å². The van der Waals surface area contributed by atoms with Crippen molar-refractivity contribution >= 4 is 5.91 Å². The zero-order chi connectivity index (χ0) is 22.2. The zero-order valence-corrected chi connectivity index (χ0v) is 19.1. The number of aromatic nitrogens is 2. The number of para-hydroxylation sites is 2. The minimum Gasteiger partial charge on any atom is -0.493 e. The van der Waals surface area contributed by atoms with Crippen molar-refractivity contribution in [2.24, 2.45) is 5.92 Å². The third kappa shape index (κ3) is 6.03. The van der Waals surface area contributed by atoms with Gasteiger partial charge in [-0.15, -0.1) is 0 Å². The van der Waals surface area contributed by atoms with Gasteiger partial charge in [-0.05, 0) is 50.3 Å². The van der Waals surface area contributed by atoms with Crippen LogP contribution in [0.3, 0.4) is 0 Å². The van der Waals surface area contributed by atoms with Gasteiger partial charge in [-0.1, -0.05) is 31.4 Å². The maximum atomic E-state index is 12.3. The first-order chi connectivity index (χ1) is 15.7. The fourth-order valence-corrected chi connectivity index (χ4v) is 5.08. The van der Waals surface area contributed by atoms with Crippen molar-refractivity contribution in [1.29, 1.82) is 0 Å². The average molecular weight is 441 g/mol. The third-order valence-electron chi connectivity index (χ3n) is 6.78. The summed E-state index contributed by atoms with van der Waals surface area (Å²) in [6, 6.07) is 7.38. The first kappa shape index (κ1) is 22.6. The number of carbonyl (C=O) groups is 1. The molecule has 174 valence electrons. The molecule has 1 aromatic heterocycles. The van der Waals surface area contributed by atoms with Crippen molar-refractivity contribution < 1.29 is 14.3 Å². The molecule has 1 saturated heterocycles. The molecule has 2 fully saturated rings. The van der Waals surface area contributed by atoms with Crippen molar-refractivity contribution in [2.75, 3.05) is 33.4 Å². The van der Waals surface area contributed by atoms with Crippen LogP contribution in [0.2, 0.25) is 0 Å². The van der Waals surface area contributed by atoms with Crippen LogP contribution in [0.15, 0.2) is 30.5 Å². The van der Waals surface area contributed by atoms with Crippen LogP contribution >= 0.6 is 0 Å². The lowest BCUT2D eigenvalue weighted by Gasteiger charge is -2.33. The molecule has 1 saturated carbocycles. The molecule has 2 N–H and O–H groups in total. The largest absolute Gasteiger partial charge is 0.493 e. The van der Waals surface area contributed by atoms with E-state index in [1.165, 1.54) is 43.4 Å². The van der Waals surface area contributed by atoms with Crippen molar-refractivity contribution in [1.82, 2.24) is 20.4 Å². The highest BCUT2D eigenvalue weighted by atomic mass is 16.5. The second-order valence-corrected chi connectivity index (χ2v) is 9.13. The number of hydrogen-bond donors (Lipinski definition) is 2. The van der Waals surface area contributed by atoms with E-state index in [4.69, 9.17) is 9.47 Å². The fourth-order valence-electron chi connectivity index (χ4n) is 5.08. The minimum absolute atomic E-state index is 0.00340. The number of aromatic amines is 1. The van der Waals surface area contributed by atoms with Crippen LogP contribution in [0.25, 0.3) is 0 Å². The number of likely N-dealkylation sites (tertiary alicyclic amines) is 1. The molecule has 1 aliphatic carbocycles. The quantitative estimate of drug-likeness (QED) is 0.619. The number of H-pyrrole nitrogens is 1. The van der Waals surface area contributed by atoms with Gasteiger partial charge in [-0.3, -0.25) is 14.8 Å². The van der Waals surface area contributed by atoms with Crippen LogP contribution in [0.1, 0.15) is 62.1 Å². The lowest BCUT2D eigenvalue weighted by molar-refractivity contribution is -0.123. The van der Waals surface area contributed by atoms with Gasteiger partial charge in [0.1, 0.15) is 0 Å². The van der Waals surface area contributed by atoms with Crippen LogP contribution in [0, 0.1) is 5.92 Å². The predicted octanol–water partition coefficient (Wildman–Crippen LogP) is 3.87. The maximum absolute atomic E-state index is 12.3. The van der Waals surface area contributed by atoms with E-state index >= 15 is 0 Å². The Morgan fingerprint density at radius 2 is 1.97 bits per heavy atom. The summed E-state index contributed by atoms with van der Waals surface area (Å²) in [7, 11) is 1.60. The summed E-state index contributed by atoms with van der Waals surface area (Å²) in [5.41, 5.74) is 2.71. The second-order valence-electron chi connectivity index (χ2n) is 9.13. The molecule has 4 rings (SSSR count). The van der Waals surface area contributed by atoms with Gasteiger partial charge >= 0.3 is 0 Å². The van der Waals surface area contributed by atoms with Crippen LogP contribution in [-0.2, 0) is 11.3 Å². The van der Waals surface area contributed by atoms with Crippen molar-refractivity contribution in [3.05, 3.63) is 41.7 Å². The summed E-state index contributed by atoms with van der Waals surface area (Å²) in [4.78, 5) is 14.8. The summed E-state index contributed by atoms with van der Waals surface area (Å²) in [5.74, 6) is 2.23. The Labute approximate surface area is 190 Å². The molecule has 0 bridgehead atoms. The smallest absolute Gasteiger partial charge is 0.257 e. The SMILES string of the molecule is COc1ccccc1OCC(=O)NC[C@@H]1CCCN(Cc2cn[nH]c2C2CCCCC2)C1. The number of hydrogen-bond acceptors (Lipinski definition) is 5. The number of amides is 1. The zero-order valence-electron chi connectivity index (χ0n) is 19.1. The van der Waals surface area contributed by atoms with Crippen LogP contribution in [-0.4, -0.2) is 54.4 Å². The van der Waals surface area contributed by atoms with Crippen molar-refractivity contribution in [3.63, 3.8) is 0 Å². The number of nitrogens with zero attached hydrogens (tertiary/aromatic N) is 2. The Hall–Kier alpha value is -2.54. The van der Waals surface area contributed by atoms with Gasteiger partial charge in [0.2, 0.25) is 0 Å². The summed E-state index contributed by atoms with van der Waals surface area (Å²) < 4.78 is 10.9. The first-order valence-electron chi connectivity index (χ1n) is 12.0. The number of nitrogens with one attached hydrogen (secondary N) is 2. The van der Waals surface area contributed by atoms with E-state index in [9.17, 15) is 4.79 Å². The average Bonchev–Trinajstić information content (AvgIpc) is 3.30. The molecule has 1 amide bonds. The molecule has 1 aromatic carbocycles. The van der Waals surface area contributed by atoms with Gasteiger partial charge in [-0.2, -0.15) is 5.10 Å². The molecule has 7 heteroatoms. The van der Waals surface area contributed by atoms with Gasteiger partial charge < -0.3 is 14.8 Å². The highest BCUT2D eigenvalue weighted by Crippen LogP contribution is 2.34. The molecular formula is C25H36N4O3. The van der Waals surface area contributed by atoms with E-state index < -0.39 is 0 Å². The van der Waals surface area contributed by atoms with Gasteiger partial charge in [0, 0.05) is 36.8 Å². The predicted molar refractivity (Wildman–Crippen MR) is 124 cm³/mol. The maximum Gasteiger partial charge on any atom is 0.257 e. The van der Waals surface area contributed by atoms with E-state index in [1.807, 2.05) is 30.5 Å². The highest BCUT2D eigenvalue weighted by Gasteiger charge is 2.24. The third-order valence-corrected chi connectivity index (χ3v) is 6.78. The molecule has 7 nitrogen and oxygen atoms in total. The van der Waals surface area contributed by atoms with Gasteiger partial charge in [-0.25, -0.2) is 0 Å². The molecule has 2 aliphatic rings. The highest BCUT2D eigenvalue weighted by molar-refractivity contribution is 5.77. The van der Waals surface area contributed by atoms with E-state index in [1.54, 1.807) is 7.11 Å². The van der Waals surface area contributed by atoms with Crippen molar-refractivity contribution in [2.45, 2.75) is 57.4 Å². The van der Waals surface area contributed by atoms with Gasteiger partial charge in [0.25, 0.3) is 5.91 Å². The number of benzene rings is 1. The number of carbonyl (C=O) groups excluding carboxylic acids is 1. The Morgan fingerprint density at radius 1 is 1.16 bits per heavy atom. The number of rotatable bonds is 9. The second kappa shape index (κ2) is 11.4. The van der Waals surface area contributed by atoms with E-state index in [2.05, 4.69) is 20.4 Å². The fraction of sp³-hybridized carbons (Fsp3) is 0.600. The van der Waals surface area contributed by atoms with Crippen molar-refractivity contribution in [3.8, 4) is 11.5 Å². The molecule has 0 radical (unpaired) electrons.